The summed E-state index contributed by atoms with van der Waals surface area (Å²) < 4.78 is 0. The zero-order valence-electron chi connectivity index (χ0n) is 21.4. The number of rotatable bonds is 7. The van der Waals surface area contributed by atoms with Crippen molar-refractivity contribution in [3.8, 4) is 11.4 Å². The van der Waals surface area contributed by atoms with E-state index in [2.05, 4.69) is 9.97 Å². The second kappa shape index (κ2) is 9.28. The number of para-hydroxylation sites is 1. The Balaban J connectivity index is 1.41. The molecule has 5 rings (SSSR count). The Hall–Kier alpha value is -4.32. The van der Waals surface area contributed by atoms with Crippen LogP contribution >= 0.6 is 0 Å². The zero-order chi connectivity index (χ0) is 26.3. The van der Waals surface area contributed by atoms with E-state index in [4.69, 9.17) is 4.98 Å². The molecular formula is C31H29N3O3. The van der Waals surface area contributed by atoms with Crippen LogP contribution in [0.1, 0.15) is 46.6 Å². The number of aliphatic carboxylic acids is 1. The van der Waals surface area contributed by atoms with Crippen LogP contribution in [0, 0.1) is 19.3 Å². The van der Waals surface area contributed by atoms with Gasteiger partial charge in [-0.3, -0.25) is 14.6 Å². The van der Waals surface area contributed by atoms with Crippen molar-refractivity contribution in [2.75, 3.05) is 0 Å². The highest BCUT2D eigenvalue weighted by molar-refractivity contribution is 6.00. The lowest BCUT2D eigenvalue weighted by Crippen LogP contribution is -2.26. The lowest BCUT2D eigenvalue weighted by molar-refractivity contribution is -0.146. The maximum Gasteiger partial charge on any atom is 0.309 e. The molecule has 37 heavy (non-hydrogen) atoms. The number of imidazole rings is 1. The molecule has 0 radical (unpaired) electrons. The minimum absolute atomic E-state index is 0.00131. The molecule has 0 aliphatic carbocycles. The number of H-pyrrole nitrogens is 1. The number of aromatic nitrogens is 3. The molecule has 0 bridgehead atoms. The van der Waals surface area contributed by atoms with E-state index in [0.29, 0.717) is 12.0 Å². The number of nitrogens with zero attached hydrogens (tertiary/aromatic N) is 2. The molecule has 0 fully saturated rings. The number of benzene rings is 3. The Kier molecular flexibility index (Phi) is 6.12. The van der Waals surface area contributed by atoms with Gasteiger partial charge in [-0.05, 0) is 81.1 Å². The normalized spacial score (nSPS) is 11.8. The fourth-order valence-electron chi connectivity index (χ4n) is 4.89. The van der Waals surface area contributed by atoms with E-state index >= 15 is 0 Å². The van der Waals surface area contributed by atoms with Gasteiger partial charge in [0.25, 0.3) is 0 Å². The van der Waals surface area contributed by atoms with E-state index in [9.17, 15) is 14.7 Å². The molecule has 0 unspecified atom stereocenters. The fraction of sp³-hybridized carbons (Fsp3) is 0.226. The quantitative estimate of drug-likeness (QED) is 0.254. The van der Waals surface area contributed by atoms with E-state index in [1.54, 1.807) is 13.8 Å². The van der Waals surface area contributed by atoms with Gasteiger partial charge >= 0.3 is 5.97 Å². The molecule has 0 amide bonds. The molecule has 2 N–H and O–H groups in total. The van der Waals surface area contributed by atoms with Gasteiger partial charge in [0.1, 0.15) is 5.82 Å². The molecule has 0 atom stereocenters. The van der Waals surface area contributed by atoms with Gasteiger partial charge in [0.05, 0.1) is 28.4 Å². The molecule has 5 aromatic rings. The number of aromatic amines is 1. The van der Waals surface area contributed by atoms with Crippen molar-refractivity contribution in [2.24, 2.45) is 5.41 Å². The number of aryl methyl sites for hydroxylation is 2. The van der Waals surface area contributed by atoms with Crippen molar-refractivity contribution in [2.45, 2.75) is 40.5 Å². The van der Waals surface area contributed by atoms with Crippen molar-refractivity contribution in [1.29, 1.82) is 0 Å². The van der Waals surface area contributed by atoms with Gasteiger partial charge < -0.3 is 10.1 Å². The first-order valence-corrected chi connectivity index (χ1v) is 12.3. The molecule has 186 valence electrons. The summed E-state index contributed by atoms with van der Waals surface area (Å²) in [5, 5.41) is 10.5. The topological polar surface area (TPSA) is 95.9 Å². The minimum Gasteiger partial charge on any atom is -0.481 e. The van der Waals surface area contributed by atoms with Crippen LogP contribution in [-0.2, 0) is 17.6 Å². The highest BCUT2D eigenvalue weighted by atomic mass is 16.4. The Morgan fingerprint density at radius 2 is 1.62 bits per heavy atom. The lowest BCUT2D eigenvalue weighted by atomic mass is 9.84. The van der Waals surface area contributed by atoms with Gasteiger partial charge in [-0.1, -0.05) is 36.4 Å². The zero-order valence-corrected chi connectivity index (χ0v) is 21.4. The maximum atomic E-state index is 13.1. The van der Waals surface area contributed by atoms with Crippen LogP contribution in [0.15, 0.2) is 66.7 Å². The third-order valence-electron chi connectivity index (χ3n) is 6.86. The summed E-state index contributed by atoms with van der Waals surface area (Å²) in [5.74, 6) is -0.0839. The van der Waals surface area contributed by atoms with Gasteiger partial charge in [0.2, 0.25) is 0 Å². The van der Waals surface area contributed by atoms with Crippen LogP contribution in [-0.4, -0.2) is 31.8 Å². The number of carboxylic acids is 1. The number of fused-ring (bicyclic) bond motifs is 2. The Morgan fingerprint density at radius 1 is 0.892 bits per heavy atom. The second-order valence-corrected chi connectivity index (χ2v) is 10.4. The molecule has 0 saturated heterocycles. The van der Waals surface area contributed by atoms with Crippen molar-refractivity contribution in [1.82, 2.24) is 15.0 Å². The highest BCUT2D eigenvalue weighted by Gasteiger charge is 2.28. The SMILES string of the molecule is Cc1cc(CC(C)(C)C(=O)O)cc(C)c1-c1nc2ccc(C(=O)Cc3ccc4ccccc4n3)cc2[nH]1. The number of carbonyl (C=O) groups excluding carboxylic acids is 1. The summed E-state index contributed by atoms with van der Waals surface area (Å²) in [5.41, 5.74) is 6.98. The summed E-state index contributed by atoms with van der Waals surface area (Å²) in [7, 11) is 0. The summed E-state index contributed by atoms with van der Waals surface area (Å²) in [6.45, 7) is 7.50. The smallest absolute Gasteiger partial charge is 0.309 e. The maximum absolute atomic E-state index is 13.1. The Bertz CT molecular complexity index is 1660. The number of ketones is 1. The predicted molar refractivity (Wildman–Crippen MR) is 146 cm³/mol. The van der Waals surface area contributed by atoms with Gasteiger partial charge in [0, 0.05) is 22.2 Å². The van der Waals surface area contributed by atoms with Gasteiger partial charge in [-0.15, -0.1) is 0 Å². The lowest BCUT2D eigenvalue weighted by Gasteiger charge is -2.20. The molecular weight excluding hydrogens is 462 g/mol. The van der Waals surface area contributed by atoms with Gasteiger partial charge in [-0.25, -0.2) is 4.98 Å². The number of hydrogen-bond donors (Lipinski definition) is 2. The van der Waals surface area contributed by atoms with E-state index in [1.165, 1.54) is 0 Å². The van der Waals surface area contributed by atoms with Crippen molar-refractivity contribution >= 4 is 33.7 Å². The average molecular weight is 492 g/mol. The molecule has 0 saturated carbocycles. The van der Waals surface area contributed by atoms with Crippen molar-refractivity contribution in [3.05, 3.63) is 94.7 Å². The van der Waals surface area contributed by atoms with E-state index in [-0.39, 0.29) is 12.2 Å². The van der Waals surface area contributed by atoms with Crippen LogP contribution in [0.25, 0.3) is 33.3 Å². The third kappa shape index (κ3) is 4.87. The number of carbonyl (C=O) groups is 2. The summed E-state index contributed by atoms with van der Waals surface area (Å²) in [6, 6.07) is 21.4. The van der Waals surface area contributed by atoms with Crippen LogP contribution < -0.4 is 0 Å². The number of carboxylic acid groups (broad SMARTS) is 1. The Morgan fingerprint density at radius 3 is 2.35 bits per heavy atom. The monoisotopic (exact) mass is 491 g/mol. The molecule has 2 aromatic heterocycles. The molecule has 0 spiro atoms. The fourth-order valence-corrected chi connectivity index (χ4v) is 4.89. The Labute approximate surface area is 215 Å². The summed E-state index contributed by atoms with van der Waals surface area (Å²) in [6.07, 6.45) is 0.672. The third-order valence-corrected chi connectivity index (χ3v) is 6.86. The highest BCUT2D eigenvalue weighted by Crippen LogP contribution is 2.31. The molecule has 3 aromatic carbocycles. The average Bonchev–Trinajstić information content (AvgIpc) is 3.25. The minimum atomic E-state index is -0.842. The first-order valence-electron chi connectivity index (χ1n) is 12.3. The van der Waals surface area contributed by atoms with Crippen LogP contribution in [0.2, 0.25) is 0 Å². The van der Waals surface area contributed by atoms with E-state index in [1.807, 2.05) is 80.6 Å². The second-order valence-electron chi connectivity index (χ2n) is 10.4. The largest absolute Gasteiger partial charge is 0.481 e. The van der Waals surface area contributed by atoms with E-state index in [0.717, 1.165) is 55.7 Å². The predicted octanol–water partition coefficient (Wildman–Crippen LogP) is 6.47. The molecule has 6 nitrogen and oxygen atoms in total. The summed E-state index contributed by atoms with van der Waals surface area (Å²) >= 11 is 0. The van der Waals surface area contributed by atoms with Crippen molar-refractivity contribution in [3.63, 3.8) is 0 Å². The first kappa shape index (κ1) is 24.4. The van der Waals surface area contributed by atoms with Crippen LogP contribution in [0.5, 0.6) is 0 Å². The summed E-state index contributed by atoms with van der Waals surface area (Å²) in [4.78, 5) is 37.4. The van der Waals surface area contributed by atoms with Gasteiger partial charge in [0.15, 0.2) is 5.78 Å². The number of hydrogen-bond acceptors (Lipinski definition) is 4. The van der Waals surface area contributed by atoms with Crippen LogP contribution in [0.3, 0.4) is 0 Å². The molecule has 0 aliphatic heterocycles. The van der Waals surface area contributed by atoms with Gasteiger partial charge in [-0.2, -0.15) is 0 Å². The number of pyridine rings is 1. The standard InChI is InChI=1S/C31H29N3O3/c1-18-13-20(17-31(3,4)30(36)37)14-19(2)28(18)29-33-25-12-10-22(15-26(25)34-29)27(35)16-23-11-9-21-7-5-6-8-24(21)32-23/h5-15H,16-17H2,1-4H3,(H,33,34)(H,36,37). The molecule has 2 heterocycles. The number of nitrogens with one attached hydrogen (secondary N) is 1. The van der Waals surface area contributed by atoms with Crippen LogP contribution in [0.4, 0.5) is 0 Å². The molecule has 0 aliphatic rings. The van der Waals surface area contributed by atoms with E-state index < -0.39 is 11.4 Å². The molecule has 6 heteroatoms. The first-order chi connectivity index (χ1) is 17.6. The number of Topliss-reactive ketones (excluding diaryl/α,β-unsaturated/α-hetero) is 1. The van der Waals surface area contributed by atoms with Crippen molar-refractivity contribution < 1.29 is 14.7 Å².